The van der Waals surface area contributed by atoms with Gasteiger partial charge in [-0.2, -0.15) is 0 Å². The fourth-order valence-corrected chi connectivity index (χ4v) is 4.62. The van der Waals surface area contributed by atoms with E-state index >= 15 is 0 Å². The molecule has 0 fully saturated rings. The van der Waals surface area contributed by atoms with Crippen molar-refractivity contribution in [2.24, 2.45) is 0 Å². The Labute approximate surface area is 190 Å². The van der Waals surface area contributed by atoms with E-state index in [4.69, 9.17) is 0 Å². The molecular formula is C23H20BrN3O3S. The van der Waals surface area contributed by atoms with E-state index in [1.165, 1.54) is 15.9 Å². The topological polar surface area (TPSA) is 73.1 Å². The summed E-state index contributed by atoms with van der Waals surface area (Å²) in [5, 5.41) is 4.61. The van der Waals surface area contributed by atoms with E-state index in [2.05, 4.69) is 21.2 Å². The van der Waals surface area contributed by atoms with Gasteiger partial charge in [-0.1, -0.05) is 40.2 Å². The average molecular weight is 498 g/mol. The third kappa shape index (κ3) is 4.13. The fraction of sp³-hybridized carbons (Fsp3) is 0.174. The van der Waals surface area contributed by atoms with Crippen molar-refractivity contribution in [2.75, 3.05) is 0 Å². The number of thiophene rings is 1. The van der Waals surface area contributed by atoms with Crippen LogP contribution in [0.15, 0.2) is 68.0 Å². The van der Waals surface area contributed by atoms with Crippen molar-refractivity contribution in [1.82, 2.24) is 14.5 Å². The maximum absolute atomic E-state index is 13.3. The molecule has 2 heterocycles. The van der Waals surface area contributed by atoms with E-state index in [1.54, 1.807) is 17.5 Å². The quantitative estimate of drug-likeness (QED) is 0.454. The highest BCUT2D eigenvalue weighted by Crippen LogP contribution is 2.18. The number of benzene rings is 2. The molecule has 31 heavy (non-hydrogen) atoms. The summed E-state index contributed by atoms with van der Waals surface area (Å²) in [6.45, 7) is 4.06. The van der Waals surface area contributed by atoms with Gasteiger partial charge in [0.05, 0.1) is 11.2 Å². The molecule has 4 rings (SSSR count). The zero-order valence-electron chi connectivity index (χ0n) is 17.0. The molecule has 1 amide bonds. The summed E-state index contributed by atoms with van der Waals surface area (Å²) in [5.41, 5.74) is 3.04. The Balaban J connectivity index is 1.72. The van der Waals surface area contributed by atoms with Crippen LogP contribution in [0.2, 0.25) is 0 Å². The average Bonchev–Trinajstić information content (AvgIpc) is 3.23. The predicted octanol–water partition coefficient (Wildman–Crippen LogP) is 3.91. The summed E-state index contributed by atoms with van der Waals surface area (Å²) >= 11 is 4.72. The first kappa shape index (κ1) is 21.3. The molecule has 0 aliphatic carbocycles. The third-order valence-electron chi connectivity index (χ3n) is 5.24. The van der Waals surface area contributed by atoms with Crippen molar-refractivity contribution in [2.45, 2.75) is 26.9 Å². The van der Waals surface area contributed by atoms with Crippen LogP contribution in [-0.4, -0.2) is 15.0 Å². The van der Waals surface area contributed by atoms with Crippen LogP contribution in [-0.2, 0) is 17.9 Å². The lowest BCUT2D eigenvalue weighted by molar-refractivity contribution is -0.121. The molecule has 8 heteroatoms. The first-order valence-corrected chi connectivity index (χ1v) is 11.3. The van der Waals surface area contributed by atoms with Crippen LogP contribution in [0.5, 0.6) is 0 Å². The van der Waals surface area contributed by atoms with Gasteiger partial charge in [0.2, 0.25) is 5.91 Å². The van der Waals surface area contributed by atoms with Crippen LogP contribution in [0.1, 0.15) is 16.7 Å². The Morgan fingerprint density at radius 3 is 2.58 bits per heavy atom. The van der Waals surface area contributed by atoms with Gasteiger partial charge < -0.3 is 5.32 Å². The largest absolute Gasteiger partial charge is 0.350 e. The minimum absolute atomic E-state index is 0.179. The van der Waals surface area contributed by atoms with Gasteiger partial charge >= 0.3 is 5.69 Å². The van der Waals surface area contributed by atoms with Crippen LogP contribution in [0.3, 0.4) is 0 Å². The number of aryl methyl sites for hydroxylation is 2. The molecule has 0 saturated heterocycles. The monoisotopic (exact) mass is 497 g/mol. The van der Waals surface area contributed by atoms with Crippen LogP contribution >= 0.6 is 27.3 Å². The zero-order chi connectivity index (χ0) is 22.1. The van der Waals surface area contributed by atoms with Crippen molar-refractivity contribution in [3.05, 3.63) is 95.9 Å². The summed E-state index contributed by atoms with van der Waals surface area (Å²) in [6.07, 6.45) is 0. The first-order valence-electron chi connectivity index (χ1n) is 9.67. The first-order chi connectivity index (χ1) is 14.9. The highest BCUT2D eigenvalue weighted by molar-refractivity contribution is 9.10. The number of hydrogen-bond acceptors (Lipinski definition) is 4. The van der Waals surface area contributed by atoms with E-state index < -0.39 is 5.69 Å². The van der Waals surface area contributed by atoms with Gasteiger partial charge in [0.15, 0.2) is 0 Å². The lowest BCUT2D eigenvalue weighted by atomic mass is 10.1. The second kappa shape index (κ2) is 8.64. The van der Waals surface area contributed by atoms with E-state index in [-0.39, 0.29) is 18.0 Å². The maximum Gasteiger partial charge on any atom is 0.336 e. The lowest BCUT2D eigenvalue weighted by Gasteiger charge is -2.13. The standard InChI is InChI=1S/C23H20BrN3O3S/c1-14-7-8-17(11-15(14)2)27-22(29)21-19(9-10-31-21)26(23(27)30)13-20(28)25-12-16-5-3-4-6-18(16)24/h3-11H,12-13H2,1-2H3,(H,25,28). The summed E-state index contributed by atoms with van der Waals surface area (Å²) in [6, 6.07) is 14.8. The Morgan fingerprint density at radius 1 is 1.06 bits per heavy atom. The van der Waals surface area contributed by atoms with Gasteiger partial charge in [-0.05, 0) is 60.2 Å². The molecule has 0 saturated carbocycles. The molecule has 0 atom stereocenters. The Kier molecular flexibility index (Phi) is 5.93. The molecule has 0 spiro atoms. The van der Waals surface area contributed by atoms with Crippen LogP contribution < -0.4 is 16.6 Å². The second-order valence-corrected chi connectivity index (χ2v) is 9.05. The number of halogens is 1. The van der Waals surface area contributed by atoms with Crippen molar-refractivity contribution in [3.8, 4) is 5.69 Å². The van der Waals surface area contributed by atoms with Crippen LogP contribution in [0.4, 0.5) is 0 Å². The number of carbonyl (C=O) groups excluding carboxylic acids is 1. The summed E-state index contributed by atoms with van der Waals surface area (Å²) < 4.78 is 3.84. The number of nitrogens with zero attached hydrogens (tertiary/aromatic N) is 2. The number of nitrogens with one attached hydrogen (secondary N) is 1. The minimum Gasteiger partial charge on any atom is -0.350 e. The molecule has 2 aromatic carbocycles. The molecular weight excluding hydrogens is 478 g/mol. The van der Waals surface area contributed by atoms with Gasteiger partial charge in [0, 0.05) is 11.0 Å². The number of hydrogen-bond donors (Lipinski definition) is 1. The number of aromatic nitrogens is 2. The van der Waals surface area contributed by atoms with Gasteiger partial charge in [0.25, 0.3) is 5.56 Å². The van der Waals surface area contributed by atoms with Crippen molar-refractivity contribution < 1.29 is 4.79 Å². The van der Waals surface area contributed by atoms with Crippen molar-refractivity contribution >= 4 is 43.4 Å². The van der Waals surface area contributed by atoms with Crippen molar-refractivity contribution in [3.63, 3.8) is 0 Å². The summed E-state index contributed by atoms with van der Waals surface area (Å²) in [7, 11) is 0. The Bertz CT molecular complexity index is 1420. The molecule has 0 aliphatic rings. The van der Waals surface area contributed by atoms with Crippen molar-refractivity contribution in [1.29, 1.82) is 0 Å². The van der Waals surface area contributed by atoms with E-state index in [0.29, 0.717) is 22.4 Å². The van der Waals surface area contributed by atoms with Gasteiger partial charge in [0.1, 0.15) is 11.2 Å². The Morgan fingerprint density at radius 2 is 1.84 bits per heavy atom. The summed E-state index contributed by atoms with van der Waals surface area (Å²) in [5.74, 6) is -0.310. The Hall–Kier alpha value is -2.97. The molecule has 4 aromatic rings. The molecule has 0 bridgehead atoms. The molecule has 2 aromatic heterocycles. The highest BCUT2D eigenvalue weighted by Gasteiger charge is 2.18. The van der Waals surface area contributed by atoms with E-state index in [1.807, 2.05) is 50.2 Å². The van der Waals surface area contributed by atoms with Gasteiger partial charge in [-0.3, -0.25) is 14.2 Å². The number of amides is 1. The van der Waals surface area contributed by atoms with Crippen LogP contribution in [0.25, 0.3) is 15.9 Å². The SMILES string of the molecule is Cc1ccc(-n2c(=O)c3sccc3n(CC(=O)NCc3ccccc3Br)c2=O)cc1C. The van der Waals surface area contributed by atoms with E-state index in [0.717, 1.165) is 25.7 Å². The number of fused-ring (bicyclic) bond motifs is 1. The predicted molar refractivity (Wildman–Crippen MR) is 127 cm³/mol. The number of rotatable bonds is 5. The minimum atomic E-state index is -0.532. The molecule has 6 nitrogen and oxygen atoms in total. The lowest BCUT2D eigenvalue weighted by Crippen LogP contribution is -2.41. The fourth-order valence-electron chi connectivity index (χ4n) is 3.37. The van der Waals surface area contributed by atoms with Gasteiger partial charge in [-0.15, -0.1) is 11.3 Å². The zero-order valence-corrected chi connectivity index (χ0v) is 19.4. The third-order valence-corrected chi connectivity index (χ3v) is 6.90. The molecule has 1 N–H and O–H groups in total. The molecule has 0 unspecified atom stereocenters. The maximum atomic E-state index is 13.3. The molecule has 0 aliphatic heterocycles. The molecule has 158 valence electrons. The smallest absolute Gasteiger partial charge is 0.336 e. The van der Waals surface area contributed by atoms with Crippen LogP contribution in [0, 0.1) is 13.8 Å². The second-order valence-electron chi connectivity index (χ2n) is 7.28. The highest BCUT2D eigenvalue weighted by atomic mass is 79.9. The molecule has 0 radical (unpaired) electrons. The summed E-state index contributed by atoms with van der Waals surface area (Å²) in [4.78, 5) is 39.0. The van der Waals surface area contributed by atoms with E-state index in [9.17, 15) is 14.4 Å². The number of carbonyl (C=O) groups is 1. The van der Waals surface area contributed by atoms with Gasteiger partial charge in [-0.25, -0.2) is 9.36 Å². The normalized spacial score (nSPS) is 11.1.